The van der Waals surface area contributed by atoms with Gasteiger partial charge in [-0.1, -0.05) is 69.0 Å². The van der Waals surface area contributed by atoms with Crippen LogP contribution >= 0.6 is 39.1 Å². The third-order valence-corrected chi connectivity index (χ3v) is 12.3. The number of hydrogen-bond acceptors (Lipinski definition) is 8. The SMILES string of the molecule is COc1ccc(C23C(=O)N(Nc4ccc(Cl)cc4Cl)C(=O)C2CC2C(=CCC4C(=O)N(c5ccc(Br)cc5)C(=O)C42)C3c2ccc(O)cc2OC)cc1. The molecule has 0 aromatic heterocycles. The summed E-state index contributed by atoms with van der Waals surface area (Å²) in [4.78, 5) is 60.2. The number of halogens is 3. The van der Waals surface area contributed by atoms with Gasteiger partial charge in [-0.05, 0) is 85.0 Å². The lowest BCUT2D eigenvalue weighted by atomic mass is 9.49. The van der Waals surface area contributed by atoms with Crippen molar-refractivity contribution in [2.24, 2.45) is 23.7 Å². The Morgan fingerprint density at radius 2 is 1.58 bits per heavy atom. The largest absolute Gasteiger partial charge is 0.508 e. The van der Waals surface area contributed by atoms with Crippen molar-refractivity contribution in [3.63, 3.8) is 0 Å². The molecule has 8 rings (SSSR count). The summed E-state index contributed by atoms with van der Waals surface area (Å²) in [5.41, 5.74) is 3.99. The number of ether oxygens (including phenoxy) is 2. The van der Waals surface area contributed by atoms with Crippen molar-refractivity contribution in [3.05, 3.63) is 122 Å². The van der Waals surface area contributed by atoms with Crippen molar-refractivity contribution in [1.82, 2.24) is 5.01 Å². The van der Waals surface area contributed by atoms with Crippen LogP contribution in [0.5, 0.6) is 17.2 Å². The second-order valence-corrected chi connectivity index (χ2v) is 15.4. The van der Waals surface area contributed by atoms with Gasteiger partial charge in [0.25, 0.3) is 11.8 Å². The second-order valence-electron chi connectivity index (χ2n) is 13.6. The number of nitrogens with one attached hydrogen (secondary N) is 1. The van der Waals surface area contributed by atoms with E-state index in [9.17, 15) is 19.5 Å². The van der Waals surface area contributed by atoms with Gasteiger partial charge in [0.2, 0.25) is 11.8 Å². The molecule has 53 heavy (non-hydrogen) atoms. The molecule has 4 amide bonds. The number of carbonyl (C=O) groups excluding carboxylic acids is 4. The van der Waals surface area contributed by atoms with Gasteiger partial charge >= 0.3 is 0 Å². The van der Waals surface area contributed by atoms with Crippen molar-refractivity contribution in [3.8, 4) is 17.2 Å². The number of allylic oxidation sites excluding steroid dienone is 2. The van der Waals surface area contributed by atoms with Crippen molar-refractivity contribution < 1.29 is 33.8 Å². The highest BCUT2D eigenvalue weighted by molar-refractivity contribution is 9.10. The number of phenols is 1. The van der Waals surface area contributed by atoms with E-state index in [1.807, 2.05) is 6.08 Å². The first-order valence-electron chi connectivity index (χ1n) is 16.9. The Balaban J connectivity index is 1.35. The molecule has 2 aliphatic heterocycles. The number of anilines is 2. The lowest BCUT2D eigenvalue weighted by Crippen LogP contribution is -2.53. The van der Waals surface area contributed by atoms with Gasteiger partial charge in [-0.15, -0.1) is 0 Å². The van der Waals surface area contributed by atoms with Crippen LogP contribution in [-0.4, -0.2) is 48.0 Å². The Bertz CT molecular complexity index is 2230. The summed E-state index contributed by atoms with van der Waals surface area (Å²) in [5, 5.41) is 12.1. The minimum atomic E-state index is -1.58. The first-order valence-corrected chi connectivity index (χ1v) is 18.5. The van der Waals surface area contributed by atoms with Gasteiger partial charge in [-0.3, -0.25) is 29.5 Å². The highest BCUT2D eigenvalue weighted by atomic mass is 79.9. The van der Waals surface area contributed by atoms with Crippen LogP contribution in [0.3, 0.4) is 0 Å². The minimum absolute atomic E-state index is 0.0538. The third kappa shape index (κ3) is 5.34. The summed E-state index contributed by atoms with van der Waals surface area (Å²) in [6, 6.07) is 23.4. The number of imide groups is 2. The predicted octanol–water partition coefficient (Wildman–Crippen LogP) is 7.67. The fraction of sp³-hybridized carbons (Fsp3) is 0.250. The van der Waals surface area contributed by atoms with Gasteiger partial charge < -0.3 is 14.6 Å². The molecular weight excluding hydrogens is 785 g/mol. The van der Waals surface area contributed by atoms with E-state index in [0.29, 0.717) is 39.0 Å². The molecule has 1 saturated carbocycles. The molecule has 2 N–H and O–H groups in total. The number of phenolic OH excluding ortho intramolecular Hbond substituents is 1. The van der Waals surface area contributed by atoms with E-state index < -0.39 is 46.8 Å². The number of carbonyl (C=O) groups is 4. The van der Waals surface area contributed by atoms with Crippen LogP contribution in [0.15, 0.2) is 101 Å². The first kappa shape index (κ1) is 35.2. The van der Waals surface area contributed by atoms with Crippen LogP contribution < -0.4 is 19.8 Å². The van der Waals surface area contributed by atoms with Crippen LogP contribution in [0.4, 0.5) is 11.4 Å². The van der Waals surface area contributed by atoms with Gasteiger partial charge in [-0.2, -0.15) is 5.01 Å². The molecule has 4 aromatic carbocycles. The summed E-state index contributed by atoms with van der Waals surface area (Å²) in [6.07, 6.45) is 2.31. The van der Waals surface area contributed by atoms with Crippen molar-refractivity contribution in [1.29, 1.82) is 0 Å². The molecule has 0 radical (unpaired) electrons. The summed E-state index contributed by atoms with van der Waals surface area (Å²) < 4.78 is 12.1. The first-order chi connectivity index (χ1) is 25.5. The number of rotatable bonds is 7. The van der Waals surface area contributed by atoms with E-state index >= 15 is 4.79 Å². The molecule has 10 nitrogen and oxygen atoms in total. The fourth-order valence-electron chi connectivity index (χ4n) is 8.97. The van der Waals surface area contributed by atoms with Gasteiger partial charge in [0.15, 0.2) is 0 Å². The van der Waals surface area contributed by atoms with E-state index in [4.69, 9.17) is 32.7 Å². The Labute approximate surface area is 323 Å². The Kier molecular flexibility index (Phi) is 8.79. The van der Waals surface area contributed by atoms with Gasteiger partial charge in [0, 0.05) is 27.0 Å². The highest BCUT2D eigenvalue weighted by Gasteiger charge is 2.70. The van der Waals surface area contributed by atoms with Gasteiger partial charge in [-0.25, -0.2) is 0 Å². The molecule has 2 heterocycles. The van der Waals surface area contributed by atoms with E-state index in [1.54, 1.807) is 66.7 Å². The third-order valence-electron chi connectivity index (χ3n) is 11.2. The number of hydrazine groups is 1. The standard InChI is InChI=1S/C40H32BrCl2N3O7/c1-52-25-11-3-20(4-12-25)40-30(37(49)46(39(40)51)44-32-16-7-22(42)17-31(32)43)19-29-26(35(40)27-13-10-24(47)18-33(27)53-2)14-15-28-34(29)38(50)45(36(28)48)23-8-5-21(41)6-9-23/h3-14,16-18,28-30,34-35,44,47H,15,19H2,1-2H3. The topological polar surface area (TPSA) is 125 Å². The van der Waals surface area contributed by atoms with E-state index in [0.717, 1.165) is 15.1 Å². The molecule has 13 heteroatoms. The zero-order valence-corrected chi connectivity index (χ0v) is 31.5. The van der Waals surface area contributed by atoms with Crippen LogP contribution in [0.25, 0.3) is 0 Å². The maximum Gasteiger partial charge on any atom is 0.260 e. The number of aromatic hydroxyl groups is 1. The quantitative estimate of drug-likeness (QED) is 0.144. The lowest BCUT2D eigenvalue weighted by molar-refractivity contribution is -0.138. The fourth-order valence-corrected chi connectivity index (χ4v) is 9.69. The van der Waals surface area contributed by atoms with Gasteiger partial charge in [0.05, 0.1) is 53.8 Å². The van der Waals surface area contributed by atoms with Gasteiger partial charge in [0.1, 0.15) is 17.2 Å². The zero-order chi connectivity index (χ0) is 37.3. The summed E-state index contributed by atoms with van der Waals surface area (Å²) in [7, 11) is 3.01. The normalized spacial score (nSPS) is 26.2. The molecule has 0 bridgehead atoms. The number of hydrogen-bond donors (Lipinski definition) is 2. The average Bonchev–Trinajstić information content (AvgIpc) is 3.53. The Morgan fingerprint density at radius 1 is 0.849 bits per heavy atom. The molecule has 270 valence electrons. The molecule has 3 fully saturated rings. The minimum Gasteiger partial charge on any atom is -0.508 e. The molecule has 0 spiro atoms. The van der Waals surface area contributed by atoms with Crippen molar-refractivity contribution in [2.45, 2.75) is 24.2 Å². The van der Waals surface area contributed by atoms with Crippen molar-refractivity contribution >= 4 is 74.1 Å². The molecule has 6 atom stereocenters. The molecule has 4 aromatic rings. The predicted molar refractivity (Wildman–Crippen MR) is 202 cm³/mol. The average molecular weight is 818 g/mol. The number of methoxy groups -OCH3 is 2. The monoisotopic (exact) mass is 815 g/mol. The maximum absolute atomic E-state index is 15.4. The second kappa shape index (κ2) is 13.2. The van der Waals surface area contributed by atoms with E-state index in [2.05, 4.69) is 21.4 Å². The number of amides is 4. The van der Waals surface area contributed by atoms with Crippen LogP contribution in [0, 0.1) is 23.7 Å². The summed E-state index contributed by atoms with van der Waals surface area (Å²) in [6.45, 7) is 0. The van der Waals surface area contributed by atoms with Crippen molar-refractivity contribution in [2.75, 3.05) is 24.5 Å². The zero-order valence-electron chi connectivity index (χ0n) is 28.4. The lowest BCUT2D eigenvalue weighted by Gasteiger charge is -2.50. The van der Waals surface area contributed by atoms with Crippen LogP contribution in [-0.2, 0) is 24.6 Å². The molecular formula is C40H32BrCl2N3O7. The number of benzene rings is 4. The number of fused-ring (bicyclic) bond motifs is 4. The number of nitrogens with zero attached hydrogens (tertiary/aromatic N) is 2. The summed E-state index contributed by atoms with van der Waals surface area (Å²) >= 11 is 16.1. The molecule has 2 saturated heterocycles. The Morgan fingerprint density at radius 3 is 2.26 bits per heavy atom. The smallest absolute Gasteiger partial charge is 0.260 e. The van der Waals surface area contributed by atoms with E-state index in [1.165, 1.54) is 37.3 Å². The maximum atomic E-state index is 15.4. The van der Waals surface area contributed by atoms with Crippen LogP contribution in [0.1, 0.15) is 29.9 Å². The Hall–Kier alpha value is -4.84. The molecule has 2 aliphatic carbocycles. The molecule has 6 unspecified atom stereocenters. The van der Waals surface area contributed by atoms with E-state index in [-0.39, 0.29) is 35.4 Å². The van der Waals surface area contributed by atoms with Crippen LogP contribution in [0.2, 0.25) is 10.0 Å². The molecule has 4 aliphatic rings. The highest BCUT2D eigenvalue weighted by Crippen LogP contribution is 2.65. The summed E-state index contributed by atoms with van der Waals surface area (Å²) in [5.74, 6) is -4.88.